The molecule has 0 saturated heterocycles. The van der Waals surface area contributed by atoms with E-state index in [2.05, 4.69) is 31.4 Å². The summed E-state index contributed by atoms with van der Waals surface area (Å²) in [5.41, 5.74) is 2.94. The van der Waals surface area contributed by atoms with Crippen molar-refractivity contribution in [3.8, 4) is 0 Å². The SMILES string of the molecule is CCOCCCC(=O)Nc1ccccc1NC(=O)c1ccc(C(C)(C)C)cc1. The monoisotopic (exact) mass is 382 g/mol. The van der Waals surface area contributed by atoms with Crippen molar-refractivity contribution in [2.75, 3.05) is 23.8 Å². The molecule has 0 radical (unpaired) electrons. The number of nitrogens with one attached hydrogen (secondary N) is 2. The number of rotatable bonds is 8. The number of benzene rings is 2. The molecule has 0 bridgehead atoms. The van der Waals surface area contributed by atoms with Crippen LogP contribution in [0.25, 0.3) is 0 Å². The molecule has 2 aromatic carbocycles. The first-order valence-corrected chi connectivity index (χ1v) is 9.69. The number of hydrogen-bond acceptors (Lipinski definition) is 3. The molecule has 2 N–H and O–H groups in total. The van der Waals surface area contributed by atoms with E-state index in [1.165, 1.54) is 5.56 Å². The zero-order valence-electron chi connectivity index (χ0n) is 17.2. The van der Waals surface area contributed by atoms with Crippen molar-refractivity contribution >= 4 is 23.2 Å². The summed E-state index contributed by atoms with van der Waals surface area (Å²) in [6, 6.07) is 14.8. The van der Waals surface area contributed by atoms with Gasteiger partial charge in [0.25, 0.3) is 5.91 Å². The first kappa shape index (κ1) is 21.6. The minimum absolute atomic E-state index is 0.0358. The molecule has 0 spiro atoms. The van der Waals surface area contributed by atoms with Crippen LogP contribution >= 0.6 is 0 Å². The highest BCUT2D eigenvalue weighted by Crippen LogP contribution is 2.24. The number of para-hydroxylation sites is 2. The van der Waals surface area contributed by atoms with E-state index in [0.29, 0.717) is 43.0 Å². The number of hydrogen-bond donors (Lipinski definition) is 2. The van der Waals surface area contributed by atoms with E-state index < -0.39 is 0 Å². The van der Waals surface area contributed by atoms with Crippen LogP contribution in [-0.4, -0.2) is 25.0 Å². The van der Waals surface area contributed by atoms with Crippen molar-refractivity contribution in [1.29, 1.82) is 0 Å². The van der Waals surface area contributed by atoms with Crippen molar-refractivity contribution in [3.05, 3.63) is 59.7 Å². The Kier molecular flexibility index (Phi) is 7.76. The Balaban J connectivity index is 2.02. The fraction of sp³-hybridized carbons (Fsp3) is 0.391. The van der Waals surface area contributed by atoms with Gasteiger partial charge in [-0.3, -0.25) is 9.59 Å². The molecule has 2 rings (SSSR count). The Hall–Kier alpha value is -2.66. The van der Waals surface area contributed by atoms with Gasteiger partial charge < -0.3 is 15.4 Å². The second kappa shape index (κ2) is 10.0. The highest BCUT2D eigenvalue weighted by molar-refractivity contribution is 6.07. The number of ether oxygens (including phenoxy) is 1. The molecule has 0 aliphatic carbocycles. The Morgan fingerprint density at radius 3 is 2.11 bits per heavy atom. The van der Waals surface area contributed by atoms with Gasteiger partial charge in [-0.1, -0.05) is 45.0 Å². The van der Waals surface area contributed by atoms with Gasteiger partial charge in [0.1, 0.15) is 0 Å². The van der Waals surface area contributed by atoms with Gasteiger partial charge in [-0.2, -0.15) is 0 Å². The van der Waals surface area contributed by atoms with E-state index in [9.17, 15) is 9.59 Å². The molecule has 28 heavy (non-hydrogen) atoms. The summed E-state index contributed by atoms with van der Waals surface area (Å²) in [6.07, 6.45) is 1.03. The lowest BCUT2D eigenvalue weighted by Gasteiger charge is -2.19. The van der Waals surface area contributed by atoms with Crippen LogP contribution in [0.4, 0.5) is 11.4 Å². The van der Waals surface area contributed by atoms with Crippen molar-refractivity contribution in [3.63, 3.8) is 0 Å². The van der Waals surface area contributed by atoms with Gasteiger partial charge >= 0.3 is 0 Å². The number of amides is 2. The number of carbonyl (C=O) groups excluding carboxylic acids is 2. The van der Waals surface area contributed by atoms with E-state index in [1.54, 1.807) is 12.1 Å². The summed E-state index contributed by atoms with van der Waals surface area (Å²) in [6.45, 7) is 9.54. The summed E-state index contributed by atoms with van der Waals surface area (Å²) in [7, 11) is 0. The van der Waals surface area contributed by atoms with Crippen LogP contribution in [0.1, 0.15) is 56.5 Å². The van der Waals surface area contributed by atoms with Crippen molar-refractivity contribution < 1.29 is 14.3 Å². The molecule has 0 heterocycles. The van der Waals surface area contributed by atoms with Gasteiger partial charge in [-0.25, -0.2) is 0 Å². The molecule has 5 nitrogen and oxygen atoms in total. The van der Waals surface area contributed by atoms with Crippen LogP contribution in [0.2, 0.25) is 0 Å². The lowest BCUT2D eigenvalue weighted by Crippen LogP contribution is -2.17. The van der Waals surface area contributed by atoms with Gasteiger partial charge in [0.15, 0.2) is 0 Å². The maximum absolute atomic E-state index is 12.6. The summed E-state index contributed by atoms with van der Waals surface area (Å²) in [5, 5.41) is 5.75. The first-order valence-electron chi connectivity index (χ1n) is 9.69. The second-order valence-electron chi connectivity index (χ2n) is 7.68. The highest BCUT2D eigenvalue weighted by Gasteiger charge is 2.15. The molecule has 0 atom stereocenters. The van der Waals surface area contributed by atoms with E-state index in [4.69, 9.17) is 4.74 Å². The summed E-state index contributed by atoms with van der Waals surface area (Å²) < 4.78 is 5.25. The van der Waals surface area contributed by atoms with Crippen LogP contribution < -0.4 is 10.6 Å². The second-order valence-corrected chi connectivity index (χ2v) is 7.68. The average Bonchev–Trinajstić information content (AvgIpc) is 2.66. The van der Waals surface area contributed by atoms with Gasteiger partial charge in [0.2, 0.25) is 5.91 Å². The van der Waals surface area contributed by atoms with Gasteiger partial charge in [0.05, 0.1) is 11.4 Å². The maximum atomic E-state index is 12.6. The zero-order valence-corrected chi connectivity index (χ0v) is 17.2. The molecular weight excluding hydrogens is 352 g/mol. The molecule has 5 heteroatoms. The Bertz CT molecular complexity index is 792. The molecular formula is C23H30N2O3. The Morgan fingerprint density at radius 2 is 1.54 bits per heavy atom. The summed E-state index contributed by atoms with van der Waals surface area (Å²) in [5.74, 6) is -0.311. The summed E-state index contributed by atoms with van der Waals surface area (Å²) >= 11 is 0. The molecule has 0 aromatic heterocycles. The first-order chi connectivity index (χ1) is 13.3. The van der Waals surface area contributed by atoms with E-state index in [1.807, 2.05) is 43.3 Å². The van der Waals surface area contributed by atoms with Crippen LogP contribution in [0.3, 0.4) is 0 Å². The van der Waals surface area contributed by atoms with Crippen LogP contribution in [0, 0.1) is 0 Å². The van der Waals surface area contributed by atoms with Gasteiger partial charge in [-0.15, -0.1) is 0 Å². The molecule has 150 valence electrons. The summed E-state index contributed by atoms with van der Waals surface area (Å²) in [4.78, 5) is 24.8. The van der Waals surface area contributed by atoms with E-state index in [0.717, 1.165) is 0 Å². The van der Waals surface area contributed by atoms with Gasteiger partial charge in [0, 0.05) is 25.2 Å². The minimum atomic E-state index is -0.210. The lowest BCUT2D eigenvalue weighted by molar-refractivity contribution is -0.116. The molecule has 0 fully saturated rings. The van der Waals surface area contributed by atoms with Crippen LogP contribution in [-0.2, 0) is 14.9 Å². The quantitative estimate of drug-likeness (QED) is 0.632. The number of anilines is 2. The third-order valence-corrected chi connectivity index (χ3v) is 4.36. The smallest absolute Gasteiger partial charge is 0.255 e. The fourth-order valence-corrected chi connectivity index (χ4v) is 2.71. The predicted molar refractivity (Wildman–Crippen MR) is 114 cm³/mol. The van der Waals surface area contributed by atoms with Crippen molar-refractivity contribution in [2.45, 2.75) is 46.0 Å². The zero-order chi connectivity index (χ0) is 20.6. The van der Waals surface area contributed by atoms with Gasteiger partial charge in [-0.05, 0) is 48.6 Å². The van der Waals surface area contributed by atoms with Crippen LogP contribution in [0.15, 0.2) is 48.5 Å². The van der Waals surface area contributed by atoms with E-state index >= 15 is 0 Å². The van der Waals surface area contributed by atoms with Crippen LogP contribution in [0.5, 0.6) is 0 Å². The lowest BCUT2D eigenvalue weighted by atomic mass is 9.87. The molecule has 0 aliphatic rings. The third-order valence-electron chi connectivity index (χ3n) is 4.36. The predicted octanol–water partition coefficient (Wildman–Crippen LogP) is 4.99. The third kappa shape index (κ3) is 6.50. The Morgan fingerprint density at radius 1 is 0.929 bits per heavy atom. The fourth-order valence-electron chi connectivity index (χ4n) is 2.71. The maximum Gasteiger partial charge on any atom is 0.255 e. The van der Waals surface area contributed by atoms with Crippen molar-refractivity contribution in [2.24, 2.45) is 0 Å². The van der Waals surface area contributed by atoms with E-state index in [-0.39, 0.29) is 17.2 Å². The van der Waals surface area contributed by atoms with Crippen molar-refractivity contribution in [1.82, 2.24) is 0 Å². The molecule has 0 unspecified atom stereocenters. The molecule has 2 aromatic rings. The number of carbonyl (C=O) groups is 2. The topological polar surface area (TPSA) is 67.4 Å². The minimum Gasteiger partial charge on any atom is -0.382 e. The average molecular weight is 383 g/mol. The largest absolute Gasteiger partial charge is 0.382 e. The molecule has 0 aliphatic heterocycles. The normalized spacial score (nSPS) is 11.1. The standard InChI is InChI=1S/C23H30N2O3/c1-5-28-16-8-11-21(26)24-19-9-6-7-10-20(19)25-22(27)17-12-14-18(15-13-17)23(2,3)4/h6-7,9-10,12-15H,5,8,11,16H2,1-4H3,(H,24,26)(H,25,27). The molecule has 2 amide bonds. The highest BCUT2D eigenvalue weighted by atomic mass is 16.5. The molecule has 0 saturated carbocycles. The Labute approximate surface area is 167 Å².